The first-order valence-electron chi connectivity index (χ1n) is 12.7. The first-order chi connectivity index (χ1) is 17.5. The molecule has 10 heteroatoms. The van der Waals surface area contributed by atoms with Gasteiger partial charge in [-0.3, -0.25) is 19.8 Å². The van der Waals surface area contributed by atoms with Crippen LogP contribution in [0.15, 0.2) is 36.5 Å². The highest BCUT2D eigenvalue weighted by Crippen LogP contribution is 2.36. The van der Waals surface area contributed by atoms with E-state index in [4.69, 9.17) is 4.98 Å². The molecular weight excluding hydrogens is 458 g/mol. The van der Waals surface area contributed by atoms with Gasteiger partial charge in [-0.25, -0.2) is 14.8 Å². The van der Waals surface area contributed by atoms with Crippen LogP contribution in [-0.2, 0) is 0 Å². The number of amides is 4. The van der Waals surface area contributed by atoms with Crippen molar-refractivity contribution in [3.63, 3.8) is 0 Å². The number of pyridine rings is 1. The third kappa shape index (κ3) is 3.96. The Bertz CT molecular complexity index is 1360. The zero-order valence-electron chi connectivity index (χ0n) is 20.2. The second-order valence-corrected chi connectivity index (χ2v) is 9.80. The molecule has 0 spiro atoms. The molecule has 2 aromatic heterocycles. The lowest BCUT2D eigenvalue weighted by Crippen LogP contribution is -2.34. The summed E-state index contributed by atoms with van der Waals surface area (Å²) in [5.74, 6) is 0.454. The fourth-order valence-corrected chi connectivity index (χ4v) is 5.19. The molecule has 10 nitrogen and oxygen atoms in total. The number of carbonyl (C=O) groups excluding carboxylic acids is 3. The third-order valence-corrected chi connectivity index (χ3v) is 7.25. The predicted octanol–water partition coefficient (Wildman–Crippen LogP) is 3.56. The SMILES string of the molecule is C[C@H]1CCCCNC(=O)c2cccc(c2)C(=O)Nc2nc3ccnc(N4CCN(C5CC5)C4=O)c3n21. The van der Waals surface area contributed by atoms with Crippen molar-refractivity contribution in [1.82, 2.24) is 24.8 Å². The first kappa shape index (κ1) is 22.5. The molecule has 186 valence electrons. The highest BCUT2D eigenvalue weighted by atomic mass is 16.2. The summed E-state index contributed by atoms with van der Waals surface area (Å²) in [6.45, 7) is 3.92. The lowest BCUT2D eigenvalue weighted by molar-refractivity contribution is 0.0953. The molecule has 2 bridgehead atoms. The van der Waals surface area contributed by atoms with Crippen LogP contribution in [0.3, 0.4) is 0 Å². The van der Waals surface area contributed by atoms with E-state index in [2.05, 4.69) is 22.5 Å². The molecular formula is C26H29N7O3. The van der Waals surface area contributed by atoms with Crippen LogP contribution >= 0.6 is 0 Å². The number of benzene rings is 1. The van der Waals surface area contributed by atoms with Gasteiger partial charge in [0.2, 0.25) is 5.95 Å². The molecule has 2 N–H and O–H groups in total. The van der Waals surface area contributed by atoms with E-state index in [-0.39, 0.29) is 23.9 Å². The summed E-state index contributed by atoms with van der Waals surface area (Å²) in [5.41, 5.74) is 2.25. The topological polar surface area (TPSA) is 112 Å². The number of imidazole rings is 1. The summed E-state index contributed by atoms with van der Waals surface area (Å²) in [6, 6.07) is 8.79. The maximum Gasteiger partial charge on any atom is 0.326 e. The van der Waals surface area contributed by atoms with Gasteiger partial charge >= 0.3 is 6.03 Å². The second kappa shape index (κ2) is 8.92. The van der Waals surface area contributed by atoms with Crippen LogP contribution in [0.5, 0.6) is 0 Å². The van der Waals surface area contributed by atoms with Crippen molar-refractivity contribution in [3.05, 3.63) is 47.7 Å². The largest absolute Gasteiger partial charge is 0.352 e. The normalized spacial score (nSPS) is 21.2. The molecule has 1 saturated heterocycles. The van der Waals surface area contributed by atoms with Gasteiger partial charge in [-0.1, -0.05) is 6.07 Å². The van der Waals surface area contributed by atoms with Gasteiger partial charge < -0.3 is 14.8 Å². The van der Waals surface area contributed by atoms with E-state index in [1.54, 1.807) is 35.4 Å². The summed E-state index contributed by atoms with van der Waals surface area (Å²) in [4.78, 5) is 52.0. The fourth-order valence-electron chi connectivity index (χ4n) is 5.19. The van der Waals surface area contributed by atoms with Gasteiger partial charge in [0.25, 0.3) is 11.8 Å². The average molecular weight is 488 g/mol. The Morgan fingerprint density at radius 2 is 1.78 bits per heavy atom. The predicted molar refractivity (Wildman–Crippen MR) is 135 cm³/mol. The summed E-state index contributed by atoms with van der Waals surface area (Å²) >= 11 is 0. The summed E-state index contributed by atoms with van der Waals surface area (Å²) in [6.07, 6.45) is 6.31. The minimum absolute atomic E-state index is 0.0156. The number of nitrogens with one attached hydrogen (secondary N) is 2. The summed E-state index contributed by atoms with van der Waals surface area (Å²) in [7, 11) is 0. The number of urea groups is 1. The Labute approximate surface area is 208 Å². The summed E-state index contributed by atoms with van der Waals surface area (Å²) in [5, 5.41) is 5.90. The number of fused-ring (bicyclic) bond motifs is 5. The fraction of sp³-hybridized carbons (Fsp3) is 0.423. The van der Waals surface area contributed by atoms with Gasteiger partial charge in [0.1, 0.15) is 5.52 Å². The van der Waals surface area contributed by atoms with Crippen molar-refractivity contribution in [2.24, 2.45) is 0 Å². The number of carbonyl (C=O) groups is 3. The Morgan fingerprint density at radius 3 is 2.58 bits per heavy atom. The Morgan fingerprint density at radius 1 is 0.972 bits per heavy atom. The van der Waals surface area contributed by atoms with Gasteiger partial charge in [0.15, 0.2) is 5.82 Å². The van der Waals surface area contributed by atoms with Gasteiger partial charge in [0, 0.05) is 49.0 Å². The molecule has 1 saturated carbocycles. The highest BCUT2D eigenvalue weighted by molar-refractivity contribution is 6.07. The van der Waals surface area contributed by atoms with E-state index in [9.17, 15) is 14.4 Å². The molecule has 2 aliphatic heterocycles. The average Bonchev–Trinajstić information content (AvgIpc) is 3.55. The molecule has 1 aliphatic carbocycles. The monoisotopic (exact) mass is 487 g/mol. The minimum Gasteiger partial charge on any atom is -0.352 e. The third-order valence-electron chi connectivity index (χ3n) is 7.25. The minimum atomic E-state index is -0.350. The van der Waals surface area contributed by atoms with Crippen molar-refractivity contribution in [2.75, 3.05) is 29.9 Å². The zero-order chi connectivity index (χ0) is 24.8. The highest BCUT2D eigenvalue weighted by Gasteiger charge is 2.41. The molecule has 0 unspecified atom stereocenters. The van der Waals surface area contributed by atoms with Crippen LogP contribution in [-0.4, -0.2) is 63.0 Å². The number of hydrogen-bond donors (Lipinski definition) is 2. The molecule has 3 aliphatic rings. The van der Waals surface area contributed by atoms with Crippen molar-refractivity contribution in [3.8, 4) is 0 Å². The van der Waals surface area contributed by atoms with E-state index in [0.29, 0.717) is 54.1 Å². The van der Waals surface area contributed by atoms with Crippen LogP contribution in [0.4, 0.5) is 16.6 Å². The van der Waals surface area contributed by atoms with Gasteiger partial charge in [0.05, 0.1) is 5.52 Å². The Kier molecular flexibility index (Phi) is 5.58. The van der Waals surface area contributed by atoms with Crippen LogP contribution < -0.4 is 15.5 Å². The lowest BCUT2D eigenvalue weighted by Gasteiger charge is -2.22. The van der Waals surface area contributed by atoms with E-state index in [0.717, 1.165) is 37.6 Å². The number of hydrogen-bond acceptors (Lipinski definition) is 5. The van der Waals surface area contributed by atoms with Crippen molar-refractivity contribution in [2.45, 2.75) is 51.1 Å². The van der Waals surface area contributed by atoms with Crippen molar-refractivity contribution < 1.29 is 14.4 Å². The van der Waals surface area contributed by atoms with E-state index >= 15 is 0 Å². The number of rotatable bonds is 2. The second-order valence-electron chi connectivity index (χ2n) is 9.80. The van der Waals surface area contributed by atoms with Gasteiger partial charge in [-0.2, -0.15) is 0 Å². The Balaban J connectivity index is 1.44. The molecule has 4 heterocycles. The number of aromatic nitrogens is 3. The summed E-state index contributed by atoms with van der Waals surface area (Å²) < 4.78 is 2.01. The van der Waals surface area contributed by atoms with Gasteiger partial charge in [-0.05, 0) is 63.3 Å². The molecule has 0 radical (unpaired) electrons. The zero-order valence-corrected chi connectivity index (χ0v) is 20.2. The first-order valence-corrected chi connectivity index (χ1v) is 12.7. The molecule has 1 aromatic carbocycles. The quantitative estimate of drug-likeness (QED) is 0.574. The van der Waals surface area contributed by atoms with Gasteiger partial charge in [-0.15, -0.1) is 0 Å². The smallest absolute Gasteiger partial charge is 0.326 e. The van der Waals surface area contributed by atoms with Crippen LogP contribution in [0, 0.1) is 0 Å². The molecule has 1 atom stereocenters. The van der Waals surface area contributed by atoms with E-state index in [1.807, 2.05) is 15.5 Å². The number of anilines is 2. The maximum atomic E-state index is 13.2. The van der Waals surface area contributed by atoms with Crippen molar-refractivity contribution >= 4 is 40.6 Å². The number of nitrogens with zero attached hydrogens (tertiary/aromatic N) is 5. The standard InChI is InChI=1S/C26H29N7O3/c1-16-5-2-3-11-28-23(34)17-6-4-7-18(15-17)24(35)30-25-29-20-10-12-27-22(21(20)33(16)25)32-14-13-31(26(32)36)19-8-9-19/h4,6-7,10,12,15-16,19H,2-3,5,8-9,11,13-14H2,1H3,(H,28,34)(H,29,30,35)/t16-/m0/s1. The van der Waals surface area contributed by atoms with E-state index < -0.39 is 0 Å². The van der Waals surface area contributed by atoms with Crippen LogP contribution in [0.2, 0.25) is 0 Å². The molecule has 4 amide bonds. The molecule has 2 fully saturated rings. The van der Waals surface area contributed by atoms with Crippen molar-refractivity contribution in [1.29, 1.82) is 0 Å². The maximum absolute atomic E-state index is 13.2. The van der Waals surface area contributed by atoms with E-state index in [1.165, 1.54) is 0 Å². The molecule has 6 rings (SSSR count). The molecule has 3 aromatic rings. The lowest BCUT2D eigenvalue weighted by atomic mass is 10.1. The van der Waals surface area contributed by atoms with Crippen LogP contribution in [0.1, 0.15) is 65.8 Å². The van der Waals surface area contributed by atoms with Crippen LogP contribution in [0.25, 0.3) is 11.0 Å². The Hall–Kier alpha value is -3.95. The molecule has 36 heavy (non-hydrogen) atoms.